The van der Waals surface area contributed by atoms with E-state index in [1.54, 1.807) is 12.1 Å². The summed E-state index contributed by atoms with van der Waals surface area (Å²) in [5.41, 5.74) is 2.26. The predicted molar refractivity (Wildman–Crippen MR) is 111 cm³/mol. The lowest BCUT2D eigenvalue weighted by Gasteiger charge is -2.15. The number of hydrogen-bond donors (Lipinski definition) is 2. The molecule has 0 spiro atoms. The first kappa shape index (κ1) is 20.5. The van der Waals surface area contributed by atoms with E-state index < -0.39 is 5.82 Å². The number of carbonyl (C=O) groups excluding carboxylic acids is 2. The average Bonchev–Trinajstić information content (AvgIpc) is 3.51. The van der Waals surface area contributed by atoms with E-state index >= 15 is 0 Å². The van der Waals surface area contributed by atoms with Crippen LogP contribution in [-0.4, -0.2) is 56.6 Å². The van der Waals surface area contributed by atoms with Crippen molar-refractivity contribution in [3.63, 3.8) is 0 Å². The Balaban J connectivity index is 1.28. The summed E-state index contributed by atoms with van der Waals surface area (Å²) < 4.78 is 15.4. The van der Waals surface area contributed by atoms with Gasteiger partial charge < -0.3 is 15.5 Å². The summed E-state index contributed by atoms with van der Waals surface area (Å²) in [7, 11) is 0. The zero-order chi connectivity index (χ0) is 21.6. The van der Waals surface area contributed by atoms with Gasteiger partial charge in [-0.05, 0) is 59.2 Å². The van der Waals surface area contributed by atoms with Gasteiger partial charge in [0, 0.05) is 25.2 Å². The molecule has 1 fully saturated rings. The molecule has 9 nitrogen and oxygen atoms in total. The van der Waals surface area contributed by atoms with E-state index in [1.807, 2.05) is 17.0 Å². The number of halogens is 1. The van der Waals surface area contributed by atoms with Gasteiger partial charge in [0.25, 0.3) is 5.91 Å². The highest BCUT2D eigenvalue weighted by molar-refractivity contribution is 5.94. The van der Waals surface area contributed by atoms with Gasteiger partial charge in [0.05, 0.1) is 17.9 Å². The molecule has 10 heteroatoms. The highest BCUT2D eigenvalue weighted by Gasteiger charge is 2.19. The Labute approximate surface area is 178 Å². The van der Waals surface area contributed by atoms with Gasteiger partial charge in [-0.25, -0.2) is 9.07 Å². The number of likely N-dealkylation sites (tertiary alicyclic amines) is 1. The summed E-state index contributed by atoms with van der Waals surface area (Å²) in [5, 5.41) is 16.4. The fraction of sp³-hybridized carbons (Fsp3) is 0.286. The molecule has 0 atom stereocenters. The van der Waals surface area contributed by atoms with Gasteiger partial charge >= 0.3 is 0 Å². The Bertz CT molecular complexity index is 1050. The molecule has 31 heavy (non-hydrogen) atoms. The summed E-state index contributed by atoms with van der Waals surface area (Å²) in [5.74, 6) is -0.726. The SMILES string of the molecule is O=C(CNc1cc(-n2cnnn2)ccc1F)NCc1ccc(C(=O)N2CCCC2)cc1. The molecule has 0 bridgehead atoms. The highest BCUT2D eigenvalue weighted by Crippen LogP contribution is 2.18. The third kappa shape index (κ3) is 5.03. The highest BCUT2D eigenvalue weighted by atomic mass is 19.1. The van der Waals surface area contributed by atoms with Crippen molar-refractivity contribution in [1.29, 1.82) is 0 Å². The lowest BCUT2D eigenvalue weighted by Crippen LogP contribution is -2.29. The van der Waals surface area contributed by atoms with E-state index in [1.165, 1.54) is 29.2 Å². The molecule has 3 aromatic rings. The minimum atomic E-state index is -0.483. The number of rotatable bonds is 7. The van der Waals surface area contributed by atoms with Crippen molar-refractivity contribution < 1.29 is 14.0 Å². The van der Waals surface area contributed by atoms with Crippen LogP contribution in [0.2, 0.25) is 0 Å². The zero-order valence-electron chi connectivity index (χ0n) is 16.8. The maximum absolute atomic E-state index is 14.0. The molecule has 0 saturated carbocycles. The second-order valence-corrected chi connectivity index (χ2v) is 7.25. The summed E-state index contributed by atoms with van der Waals surface area (Å²) >= 11 is 0. The van der Waals surface area contributed by atoms with Crippen LogP contribution >= 0.6 is 0 Å². The van der Waals surface area contributed by atoms with Crippen LogP contribution in [0.15, 0.2) is 48.8 Å². The van der Waals surface area contributed by atoms with Gasteiger partial charge in [-0.2, -0.15) is 0 Å². The average molecular weight is 423 g/mol. The summed E-state index contributed by atoms with van der Waals surface area (Å²) in [6, 6.07) is 11.5. The van der Waals surface area contributed by atoms with Crippen molar-refractivity contribution in [3.8, 4) is 5.69 Å². The van der Waals surface area contributed by atoms with Gasteiger partial charge in [-0.3, -0.25) is 9.59 Å². The summed E-state index contributed by atoms with van der Waals surface area (Å²) in [6.07, 6.45) is 3.50. The van der Waals surface area contributed by atoms with Gasteiger partial charge in [-0.1, -0.05) is 12.1 Å². The topological polar surface area (TPSA) is 105 Å². The zero-order valence-corrected chi connectivity index (χ0v) is 16.8. The summed E-state index contributed by atoms with van der Waals surface area (Å²) in [4.78, 5) is 26.4. The molecule has 1 saturated heterocycles. The van der Waals surface area contributed by atoms with Gasteiger partial charge in [0.2, 0.25) is 5.91 Å². The molecule has 2 N–H and O–H groups in total. The molecular weight excluding hydrogens is 401 g/mol. The van der Waals surface area contributed by atoms with Gasteiger partial charge in [-0.15, -0.1) is 5.10 Å². The molecule has 2 aromatic carbocycles. The van der Waals surface area contributed by atoms with Gasteiger partial charge in [0.1, 0.15) is 12.1 Å². The second kappa shape index (κ2) is 9.33. The van der Waals surface area contributed by atoms with E-state index in [-0.39, 0.29) is 24.0 Å². The summed E-state index contributed by atoms with van der Waals surface area (Å²) in [6.45, 7) is 1.83. The first-order valence-corrected chi connectivity index (χ1v) is 10.0. The quantitative estimate of drug-likeness (QED) is 0.600. The molecular formula is C21H22FN7O2. The standard InChI is InChI=1S/C21H22FN7O2/c22-18-8-7-17(29-14-25-26-27-29)11-19(18)23-13-20(30)24-12-15-3-5-16(6-4-15)21(31)28-9-1-2-10-28/h3-8,11,14,23H,1-2,9-10,12-13H2,(H,24,30). The van der Waals surface area contributed by atoms with Crippen LogP contribution in [0.1, 0.15) is 28.8 Å². The maximum Gasteiger partial charge on any atom is 0.253 e. The molecule has 0 radical (unpaired) electrons. The smallest absolute Gasteiger partial charge is 0.253 e. The fourth-order valence-electron chi connectivity index (χ4n) is 3.38. The number of benzene rings is 2. The van der Waals surface area contributed by atoms with E-state index in [0.29, 0.717) is 17.8 Å². The number of hydrogen-bond acceptors (Lipinski definition) is 6. The van der Waals surface area contributed by atoms with Crippen molar-refractivity contribution in [2.24, 2.45) is 0 Å². The van der Waals surface area contributed by atoms with Crippen molar-refractivity contribution in [2.45, 2.75) is 19.4 Å². The van der Waals surface area contributed by atoms with Crippen LogP contribution in [0, 0.1) is 5.82 Å². The number of tetrazole rings is 1. The lowest BCUT2D eigenvalue weighted by atomic mass is 10.1. The van der Waals surface area contributed by atoms with Crippen LogP contribution in [0.3, 0.4) is 0 Å². The fourth-order valence-corrected chi connectivity index (χ4v) is 3.38. The number of nitrogens with zero attached hydrogens (tertiary/aromatic N) is 5. The molecule has 1 aliphatic heterocycles. The van der Waals surface area contributed by atoms with Crippen molar-refractivity contribution in [2.75, 3.05) is 25.0 Å². The van der Waals surface area contributed by atoms with E-state index in [4.69, 9.17) is 0 Å². The van der Waals surface area contributed by atoms with Crippen LogP contribution in [-0.2, 0) is 11.3 Å². The molecule has 160 valence electrons. The number of aromatic nitrogens is 4. The Morgan fingerprint density at radius 1 is 1.06 bits per heavy atom. The first-order chi connectivity index (χ1) is 15.1. The predicted octanol–water partition coefficient (Wildman–Crippen LogP) is 1.77. The van der Waals surface area contributed by atoms with Crippen molar-refractivity contribution >= 4 is 17.5 Å². The Hall–Kier alpha value is -3.82. The van der Waals surface area contributed by atoms with Crippen molar-refractivity contribution in [1.82, 2.24) is 30.4 Å². The van der Waals surface area contributed by atoms with E-state index in [9.17, 15) is 14.0 Å². The lowest BCUT2D eigenvalue weighted by molar-refractivity contribution is -0.119. The largest absolute Gasteiger partial charge is 0.374 e. The first-order valence-electron chi connectivity index (χ1n) is 10.0. The Kier molecular flexibility index (Phi) is 6.16. The Morgan fingerprint density at radius 3 is 2.55 bits per heavy atom. The number of nitrogens with one attached hydrogen (secondary N) is 2. The van der Waals surface area contributed by atoms with Crippen molar-refractivity contribution in [3.05, 3.63) is 65.7 Å². The molecule has 0 aliphatic carbocycles. The number of anilines is 1. The van der Waals surface area contributed by atoms with Crippen LogP contribution in [0.5, 0.6) is 0 Å². The maximum atomic E-state index is 14.0. The molecule has 2 amide bonds. The molecule has 1 aliphatic rings. The van der Waals surface area contributed by atoms with Crippen LogP contribution in [0.25, 0.3) is 5.69 Å². The third-order valence-electron chi connectivity index (χ3n) is 5.09. The number of carbonyl (C=O) groups is 2. The minimum absolute atomic E-state index is 0.0446. The second-order valence-electron chi connectivity index (χ2n) is 7.25. The number of amides is 2. The van der Waals surface area contributed by atoms with Gasteiger partial charge in [0.15, 0.2) is 0 Å². The van der Waals surface area contributed by atoms with Crippen LogP contribution < -0.4 is 10.6 Å². The normalized spacial score (nSPS) is 13.3. The minimum Gasteiger partial charge on any atom is -0.374 e. The third-order valence-corrected chi connectivity index (χ3v) is 5.09. The monoisotopic (exact) mass is 423 g/mol. The van der Waals surface area contributed by atoms with Crippen LogP contribution in [0.4, 0.5) is 10.1 Å². The van der Waals surface area contributed by atoms with E-state index in [2.05, 4.69) is 26.2 Å². The Morgan fingerprint density at radius 2 is 1.84 bits per heavy atom. The molecule has 0 unspecified atom stereocenters. The molecule has 2 heterocycles. The molecule has 1 aromatic heterocycles. The molecule has 4 rings (SSSR count). The van der Waals surface area contributed by atoms with E-state index in [0.717, 1.165) is 31.5 Å².